The first kappa shape index (κ1) is 9.92. The maximum absolute atomic E-state index is 9.04. The molecule has 0 spiro atoms. The van der Waals surface area contributed by atoms with Gasteiger partial charge in [0.15, 0.2) is 0 Å². The summed E-state index contributed by atoms with van der Waals surface area (Å²) in [7, 11) is 0. The van der Waals surface area contributed by atoms with Crippen LogP contribution in [0.25, 0.3) is 0 Å². The molecule has 0 fully saturated rings. The molecular formula is C8H18O2. The molecule has 0 rings (SSSR count). The van der Waals surface area contributed by atoms with E-state index in [2.05, 4.69) is 0 Å². The van der Waals surface area contributed by atoms with Crippen LogP contribution in [0.5, 0.6) is 0 Å². The van der Waals surface area contributed by atoms with Crippen molar-refractivity contribution in [1.29, 1.82) is 0 Å². The molecule has 0 amide bonds. The predicted octanol–water partition coefficient (Wildman–Crippen LogP) is 1.17. The van der Waals surface area contributed by atoms with E-state index < -0.39 is 0 Å². The van der Waals surface area contributed by atoms with Crippen LogP contribution >= 0.6 is 0 Å². The Morgan fingerprint density at radius 2 is 2.00 bits per heavy atom. The van der Waals surface area contributed by atoms with Crippen molar-refractivity contribution in [3.63, 3.8) is 0 Å². The first-order valence-electron chi connectivity index (χ1n) is 3.83. The minimum absolute atomic E-state index is 0.0891. The largest absolute Gasteiger partial charge is 0.396 e. The van der Waals surface area contributed by atoms with Crippen molar-refractivity contribution >= 4 is 0 Å². The highest BCUT2D eigenvalue weighted by atomic mass is 16.3. The second kappa shape index (κ2) is 3.94. The van der Waals surface area contributed by atoms with E-state index in [9.17, 15) is 0 Å². The SMILES string of the molecule is CCC(C)(CO)CC(C)O. The van der Waals surface area contributed by atoms with Crippen LogP contribution in [0.15, 0.2) is 0 Å². The molecule has 0 aliphatic carbocycles. The van der Waals surface area contributed by atoms with Crippen molar-refractivity contribution in [2.24, 2.45) is 5.41 Å². The van der Waals surface area contributed by atoms with E-state index >= 15 is 0 Å². The zero-order valence-corrected chi connectivity index (χ0v) is 7.09. The summed E-state index contributed by atoms with van der Waals surface area (Å²) in [5, 5.41) is 18.0. The lowest BCUT2D eigenvalue weighted by atomic mass is 9.83. The van der Waals surface area contributed by atoms with Gasteiger partial charge in [-0.3, -0.25) is 0 Å². The van der Waals surface area contributed by atoms with Crippen molar-refractivity contribution in [2.75, 3.05) is 6.61 Å². The third kappa shape index (κ3) is 3.18. The number of aliphatic hydroxyl groups is 2. The second-order valence-electron chi connectivity index (χ2n) is 3.38. The van der Waals surface area contributed by atoms with E-state index in [4.69, 9.17) is 10.2 Å². The molecule has 2 atom stereocenters. The molecule has 2 N–H and O–H groups in total. The molecule has 0 aliphatic heterocycles. The summed E-state index contributed by atoms with van der Waals surface area (Å²) in [6.45, 7) is 5.93. The Kier molecular flexibility index (Phi) is 3.91. The number of hydrogen-bond acceptors (Lipinski definition) is 2. The van der Waals surface area contributed by atoms with Crippen LogP contribution < -0.4 is 0 Å². The Hall–Kier alpha value is -0.0800. The molecule has 0 saturated heterocycles. The van der Waals surface area contributed by atoms with Crippen LogP contribution in [0.4, 0.5) is 0 Å². The third-order valence-electron chi connectivity index (χ3n) is 2.02. The summed E-state index contributed by atoms with van der Waals surface area (Å²) in [6.07, 6.45) is 1.28. The fraction of sp³-hybridized carbons (Fsp3) is 1.00. The van der Waals surface area contributed by atoms with E-state index in [1.807, 2.05) is 13.8 Å². The summed E-state index contributed by atoms with van der Waals surface area (Å²) in [5.41, 5.74) is -0.0891. The number of aliphatic hydroxyl groups excluding tert-OH is 2. The topological polar surface area (TPSA) is 40.5 Å². The van der Waals surface area contributed by atoms with Gasteiger partial charge in [-0.15, -0.1) is 0 Å². The van der Waals surface area contributed by atoms with Gasteiger partial charge in [-0.2, -0.15) is 0 Å². The van der Waals surface area contributed by atoms with Gasteiger partial charge in [-0.25, -0.2) is 0 Å². The molecule has 0 aromatic heterocycles. The molecule has 10 heavy (non-hydrogen) atoms. The van der Waals surface area contributed by atoms with E-state index in [1.165, 1.54) is 0 Å². The highest BCUT2D eigenvalue weighted by Crippen LogP contribution is 2.25. The van der Waals surface area contributed by atoms with Crippen molar-refractivity contribution < 1.29 is 10.2 Å². The van der Waals surface area contributed by atoms with Gasteiger partial charge in [0.05, 0.1) is 6.10 Å². The molecule has 0 aromatic rings. The minimum atomic E-state index is -0.308. The van der Waals surface area contributed by atoms with Crippen LogP contribution in [0.3, 0.4) is 0 Å². The average Bonchev–Trinajstić information content (AvgIpc) is 1.87. The lowest BCUT2D eigenvalue weighted by molar-refractivity contribution is 0.0671. The Labute approximate surface area is 62.9 Å². The van der Waals surface area contributed by atoms with Crippen LogP contribution in [-0.2, 0) is 0 Å². The number of rotatable bonds is 4. The fourth-order valence-corrected chi connectivity index (χ4v) is 1.03. The molecular weight excluding hydrogens is 128 g/mol. The molecule has 2 heteroatoms. The molecule has 0 radical (unpaired) electrons. The molecule has 0 heterocycles. The van der Waals surface area contributed by atoms with Crippen LogP contribution in [-0.4, -0.2) is 22.9 Å². The van der Waals surface area contributed by atoms with Gasteiger partial charge in [0.2, 0.25) is 0 Å². The summed E-state index contributed by atoms with van der Waals surface area (Å²) in [4.78, 5) is 0. The summed E-state index contributed by atoms with van der Waals surface area (Å²) >= 11 is 0. The molecule has 62 valence electrons. The molecule has 0 saturated carbocycles. The fourth-order valence-electron chi connectivity index (χ4n) is 1.03. The van der Waals surface area contributed by atoms with E-state index in [0.717, 1.165) is 6.42 Å². The van der Waals surface area contributed by atoms with Gasteiger partial charge in [0.1, 0.15) is 0 Å². The third-order valence-corrected chi connectivity index (χ3v) is 2.02. The summed E-state index contributed by atoms with van der Waals surface area (Å²) in [5.74, 6) is 0. The zero-order chi connectivity index (χ0) is 8.20. The van der Waals surface area contributed by atoms with Gasteiger partial charge in [-0.05, 0) is 25.2 Å². The molecule has 2 unspecified atom stereocenters. The minimum Gasteiger partial charge on any atom is -0.396 e. The molecule has 0 bridgehead atoms. The van der Waals surface area contributed by atoms with Gasteiger partial charge in [-0.1, -0.05) is 13.8 Å². The lowest BCUT2D eigenvalue weighted by Gasteiger charge is -2.26. The Balaban J connectivity index is 3.80. The normalized spacial score (nSPS) is 20.1. The Morgan fingerprint density at radius 3 is 2.10 bits per heavy atom. The van der Waals surface area contributed by atoms with Crippen molar-refractivity contribution in [1.82, 2.24) is 0 Å². The lowest BCUT2D eigenvalue weighted by Crippen LogP contribution is -2.25. The first-order valence-corrected chi connectivity index (χ1v) is 3.83. The van der Waals surface area contributed by atoms with E-state index in [1.54, 1.807) is 6.92 Å². The zero-order valence-electron chi connectivity index (χ0n) is 7.09. The molecule has 0 aromatic carbocycles. The molecule has 2 nitrogen and oxygen atoms in total. The van der Waals surface area contributed by atoms with Crippen LogP contribution in [0.1, 0.15) is 33.6 Å². The van der Waals surface area contributed by atoms with Gasteiger partial charge in [0.25, 0.3) is 0 Å². The van der Waals surface area contributed by atoms with Gasteiger partial charge < -0.3 is 10.2 Å². The maximum atomic E-state index is 9.04. The van der Waals surface area contributed by atoms with E-state index in [-0.39, 0.29) is 18.1 Å². The average molecular weight is 146 g/mol. The highest BCUT2D eigenvalue weighted by molar-refractivity contribution is 4.73. The Bertz CT molecular complexity index is 85.3. The highest BCUT2D eigenvalue weighted by Gasteiger charge is 2.22. The van der Waals surface area contributed by atoms with Crippen molar-refractivity contribution in [2.45, 2.75) is 39.7 Å². The Morgan fingerprint density at radius 1 is 1.50 bits per heavy atom. The smallest absolute Gasteiger partial charge is 0.0518 e. The monoisotopic (exact) mass is 146 g/mol. The van der Waals surface area contributed by atoms with Crippen LogP contribution in [0.2, 0.25) is 0 Å². The summed E-state index contributed by atoms with van der Waals surface area (Å²) < 4.78 is 0. The van der Waals surface area contributed by atoms with Gasteiger partial charge >= 0.3 is 0 Å². The van der Waals surface area contributed by atoms with E-state index in [0.29, 0.717) is 6.42 Å². The van der Waals surface area contributed by atoms with Crippen molar-refractivity contribution in [3.8, 4) is 0 Å². The molecule has 0 aliphatic rings. The summed E-state index contributed by atoms with van der Waals surface area (Å²) in [6, 6.07) is 0. The predicted molar refractivity (Wildman–Crippen MR) is 41.8 cm³/mol. The first-order chi connectivity index (χ1) is 4.54. The number of hydrogen-bond donors (Lipinski definition) is 2. The van der Waals surface area contributed by atoms with Crippen molar-refractivity contribution in [3.05, 3.63) is 0 Å². The maximum Gasteiger partial charge on any atom is 0.0518 e. The quantitative estimate of drug-likeness (QED) is 0.625. The standard InChI is InChI=1S/C8H18O2/c1-4-8(3,6-9)5-7(2)10/h7,9-10H,4-6H2,1-3H3. The second-order valence-corrected chi connectivity index (χ2v) is 3.38. The van der Waals surface area contributed by atoms with Crippen LogP contribution in [0, 0.1) is 5.41 Å². The van der Waals surface area contributed by atoms with Gasteiger partial charge in [0, 0.05) is 6.61 Å².